The predicted molar refractivity (Wildman–Crippen MR) is 105 cm³/mol. The summed E-state index contributed by atoms with van der Waals surface area (Å²) in [5.74, 6) is 1.77. The summed E-state index contributed by atoms with van der Waals surface area (Å²) in [7, 11) is 0. The van der Waals surface area contributed by atoms with Gasteiger partial charge in [-0.15, -0.1) is 10.2 Å². The van der Waals surface area contributed by atoms with Gasteiger partial charge in [-0.2, -0.15) is 0 Å². The minimum absolute atomic E-state index is 0.0140. The molecule has 2 N–H and O–H groups in total. The molecule has 3 heterocycles. The van der Waals surface area contributed by atoms with Crippen LogP contribution in [0, 0.1) is 5.92 Å². The van der Waals surface area contributed by atoms with Crippen molar-refractivity contribution in [1.82, 2.24) is 25.7 Å². The van der Waals surface area contributed by atoms with Crippen molar-refractivity contribution in [3.8, 4) is 11.5 Å². The van der Waals surface area contributed by atoms with Crippen LogP contribution in [0.15, 0.2) is 34.7 Å². The first kappa shape index (κ1) is 18.3. The van der Waals surface area contributed by atoms with Gasteiger partial charge in [0.2, 0.25) is 23.6 Å². The standard InChI is InChI=1S/C21H25N5O3/c27-18(8-13-6-7-13)23-15-9-17-20(28)22-11-16(26(17)12-15)10-19-24-25-21(29-19)14-4-2-1-3-5-14/h1-5,13,15-17H,6-12H2,(H,22,28)(H,23,27)/t15-,16+,17-/m0/s1. The average Bonchev–Trinajstić information content (AvgIpc) is 3.23. The molecule has 3 atom stereocenters. The number of nitrogens with zero attached hydrogens (tertiary/aromatic N) is 3. The second-order valence-corrected chi connectivity index (χ2v) is 8.33. The smallest absolute Gasteiger partial charge is 0.247 e. The first-order valence-corrected chi connectivity index (χ1v) is 10.4. The van der Waals surface area contributed by atoms with Crippen molar-refractivity contribution in [1.29, 1.82) is 0 Å². The largest absolute Gasteiger partial charge is 0.421 e. The molecule has 1 aliphatic carbocycles. The normalized spacial score (nSPS) is 26.8. The number of carbonyl (C=O) groups excluding carboxylic acids is 2. The van der Waals surface area contributed by atoms with Crippen LogP contribution in [0.1, 0.15) is 31.6 Å². The molecular weight excluding hydrogens is 370 g/mol. The summed E-state index contributed by atoms with van der Waals surface area (Å²) >= 11 is 0. The minimum atomic E-state index is -0.212. The van der Waals surface area contributed by atoms with Gasteiger partial charge >= 0.3 is 0 Å². The first-order valence-electron chi connectivity index (χ1n) is 10.4. The molecule has 152 valence electrons. The van der Waals surface area contributed by atoms with Gasteiger partial charge in [0.1, 0.15) is 0 Å². The summed E-state index contributed by atoms with van der Waals surface area (Å²) in [4.78, 5) is 26.7. The van der Waals surface area contributed by atoms with Gasteiger partial charge in [0.25, 0.3) is 0 Å². The van der Waals surface area contributed by atoms with E-state index in [1.54, 1.807) is 0 Å². The number of hydrogen-bond donors (Lipinski definition) is 2. The minimum Gasteiger partial charge on any atom is -0.421 e. The molecule has 2 saturated heterocycles. The zero-order valence-corrected chi connectivity index (χ0v) is 16.2. The highest BCUT2D eigenvalue weighted by atomic mass is 16.4. The Morgan fingerprint density at radius 1 is 1.24 bits per heavy atom. The number of aromatic nitrogens is 2. The topological polar surface area (TPSA) is 100 Å². The summed E-state index contributed by atoms with van der Waals surface area (Å²) in [5, 5.41) is 14.5. The van der Waals surface area contributed by atoms with Crippen molar-refractivity contribution in [3.05, 3.63) is 36.2 Å². The molecule has 0 unspecified atom stereocenters. The lowest BCUT2D eigenvalue weighted by Gasteiger charge is -2.36. The van der Waals surface area contributed by atoms with Gasteiger partial charge in [-0.05, 0) is 37.3 Å². The number of hydrogen-bond acceptors (Lipinski definition) is 6. The molecule has 8 nitrogen and oxygen atoms in total. The van der Waals surface area contributed by atoms with Gasteiger partial charge in [-0.1, -0.05) is 18.2 Å². The van der Waals surface area contributed by atoms with Crippen molar-refractivity contribution in [2.24, 2.45) is 5.92 Å². The third-order valence-corrected chi connectivity index (χ3v) is 6.06. The number of rotatable bonds is 6. The Morgan fingerprint density at radius 2 is 2.07 bits per heavy atom. The number of nitrogens with one attached hydrogen (secondary N) is 2. The van der Waals surface area contributed by atoms with E-state index < -0.39 is 0 Å². The van der Waals surface area contributed by atoms with Gasteiger partial charge in [0.15, 0.2) is 0 Å². The monoisotopic (exact) mass is 395 g/mol. The molecule has 0 bridgehead atoms. The van der Waals surface area contributed by atoms with E-state index in [1.165, 1.54) is 0 Å². The molecule has 3 fully saturated rings. The second kappa shape index (κ2) is 7.59. The fourth-order valence-electron chi connectivity index (χ4n) is 4.38. The zero-order valence-electron chi connectivity index (χ0n) is 16.2. The van der Waals surface area contributed by atoms with Gasteiger partial charge in [0.05, 0.1) is 6.04 Å². The highest BCUT2D eigenvalue weighted by Gasteiger charge is 2.44. The van der Waals surface area contributed by atoms with Crippen molar-refractivity contribution < 1.29 is 14.0 Å². The summed E-state index contributed by atoms with van der Waals surface area (Å²) in [6.07, 6.45) is 4.15. The predicted octanol–water partition coefficient (Wildman–Crippen LogP) is 1.14. The fourth-order valence-corrected chi connectivity index (χ4v) is 4.38. The van der Waals surface area contributed by atoms with Gasteiger partial charge in [-0.3, -0.25) is 14.5 Å². The molecular formula is C21H25N5O3. The molecule has 29 heavy (non-hydrogen) atoms. The van der Waals surface area contributed by atoms with Crippen LogP contribution in [-0.2, 0) is 16.0 Å². The van der Waals surface area contributed by atoms with Crippen molar-refractivity contribution >= 4 is 11.8 Å². The zero-order chi connectivity index (χ0) is 19.8. The van der Waals surface area contributed by atoms with E-state index in [2.05, 4.69) is 25.7 Å². The van der Waals surface area contributed by atoms with Crippen LogP contribution in [0.3, 0.4) is 0 Å². The van der Waals surface area contributed by atoms with E-state index >= 15 is 0 Å². The number of amides is 2. The Kier molecular flexibility index (Phi) is 4.79. The van der Waals surface area contributed by atoms with Crippen LogP contribution in [0.25, 0.3) is 11.5 Å². The second-order valence-electron chi connectivity index (χ2n) is 8.33. The number of carbonyl (C=O) groups is 2. The number of fused-ring (bicyclic) bond motifs is 1. The van der Waals surface area contributed by atoms with Gasteiger partial charge < -0.3 is 15.1 Å². The quantitative estimate of drug-likeness (QED) is 0.761. The molecule has 2 aliphatic heterocycles. The Morgan fingerprint density at radius 3 is 2.86 bits per heavy atom. The molecule has 2 aromatic rings. The summed E-state index contributed by atoms with van der Waals surface area (Å²) in [6.45, 7) is 1.22. The molecule has 2 amide bonds. The highest BCUT2D eigenvalue weighted by molar-refractivity contribution is 5.83. The Hall–Kier alpha value is -2.74. The van der Waals surface area contributed by atoms with Crippen molar-refractivity contribution in [3.63, 3.8) is 0 Å². The van der Waals surface area contributed by atoms with Crippen LogP contribution in [0.4, 0.5) is 0 Å². The van der Waals surface area contributed by atoms with E-state index in [0.717, 1.165) is 18.4 Å². The first-order chi connectivity index (χ1) is 14.2. The summed E-state index contributed by atoms with van der Waals surface area (Å²) < 4.78 is 5.86. The number of piperazine rings is 1. The molecule has 1 aromatic carbocycles. The highest BCUT2D eigenvalue weighted by Crippen LogP contribution is 2.32. The SMILES string of the molecule is O=C(CC1CC1)N[C@H]1C[C@H]2C(=O)NC[C@@H](Cc3nnc(-c4ccccc4)o3)N2C1. The molecule has 3 aliphatic rings. The average molecular weight is 395 g/mol. The molecule has 1 aromatic heterocycles. The lowest BCUT2D eigenvalue weighted by atomic mass is 10.1. The van der Waals surface area contributed by atoms with E-state index in [1.807, 2.05) is 30.3 Å². The lowest BCUT2D eigenvalue weighted by Crippen LogP contribution is -2.58. The molecule has 0 spiro atoms. The van der Waals surface area contributed by atoms with Crippen LogP contribution in [-0.4, -0.2) is 58.1 Å². The fraction of sp³-hybridized carbons (Fsp3) is 0.524. The maximum Gasteiger partial charge on any atom is 0.247 e. The third kappa shape index (κ3) is 4.03. The molecule has 1 saturated carbocycles. The molecule has 5 rings (SSSR count). The van der Waals surface area contributed by atoms with Crippen LogP contribution >= 0.6 is 0 Å². The number of benzene rings is 1. The van der Waals surface area contributed by atoms with Crippen molar-refractivity contribution in [2.75, 3.05) is 13.1 Å². The lowest BCUT2D eigenvalue weighted by molar-refractivity contribution is -0.129. The van der Waals surface area contributed by atoms with Gasteiger partial charge in [0, 0.05) is 43.6 Å². The van der Waals surface area contributed by atoms with Crippen LogP contribution in [0.2, 0.25) is 0 Å². The van der Waals surface area contributed by atoms with Crippen molar-refractivity contribution in [2.45, 2.75) is 50.2 Å². The Balaban J connectivity index is 1.24. The molecule has 0 radical (unpaired) electrons. The Bertz CT molecular complexity index is 895. The maximum atomic E-state index is 12.4. The van der Waals surface area contributed by atoms with E-state index in [9.17, 15) is 9.59 Å². The van der Waals surface area contributed by atoms with E-state index in [4.69, 9.17) is 4.42 Å². The maximum absolute atomic E-state index is 12.4. The van der Waals surface area contributed by atoms with E-state index in [0.29, 0.717) is 50.1 Å². The Labute approximate surface area is 169 Å². The van der Waals surface area contributed by atoms with Gasteiger partial charge in [-0.25, -0.2) is 0 Å². The molecule has 8 heteroatoms. The summed E-state index contributed by atoms with van der Waals surface area (Å²) in [6, 6.07) is 9.56. The van der Waals surface area contributed by atoms with Crippen LogP contribution < -0.4 is 10.6 Å². The van der Waals surface area contributed by atoms with Crippen LogP contribution in [0.5, 0.6) is 0 Å². The van der Waals surface area contributed by atoms with E-state index in [-0.39, 0.29) is 29.9 Å². The third-order valence-electron chi connectivity index (χ3n) is 6.06. The summed E-state index contributed by atoms with van der Waals surface area (Å²) in [5.41, 5.74) is 0.890.